The van der Waals surface area contributed by atoms with Crippen molar-refractivity contribution >= 4 is 6.09 Å². The lowest BCUT2D eigenvalue weighted by atomic mass is 9.85. The molecule has 1 N–H and O–H groups in total. The molecule has 2 unspecified atom stereocenters. The minimum atomic E-state index is -0.753. The van der Waals surface area contributed by atoms with Crippen LogP contribution in [0.2, 0.25) is 0 Å². The quantitative estimate of drug-likeness (QED) is 0.496. The molecular formula is C23H39N3O2. The molecule has 1 amide bonds. The molecule has 1 aromatic carbocycles. The summed E-state index contributed by atoms with van der Waals surface area (Å²) in [6.45, 7) is 16.9. The zero-order valence-corrected chi connectivity index (χ0v) is 19.1. The van der Waals surface area contributed by atoms with Gasteiger partial charge in [-0.2, -0.15) is 10.2 Å². The largest absolute Gasteiger partial charge is 0.450 e. The summed E-state index contributed by atoms with van der Waals surface area (Å²) >= 11 is 0. The van der Waals surface area contributed by atoms with Crippen molar-refractivity contribution in [3.63, 3.8) is 0 Å². The van der Waals surface area contributed by atoms with E-state index in [1.807, 2.05) is 13.8 Å². The smallest absolute Gasteiger partial charge is 0.409 e. The van der Waals surface area contributed by atoms with E-state index < -0.39 is 11.8 Å². The number of alkyl carbamates (subject to hydrolysis) is 1. The highest BCUT2D eigenvalue weighted by Gasteiger charge is 2.28. The van der Waals surface area contributed by atoms with Crippen molar-refractivity contribution in [2.45, 2.75) is 97.7 Å². The summed E-state index contributed by atoms with van der Waals surface area (Å²) in [6.07, 6.45) is 2.92. The Hall–Kier alpha value is -1.91. The second kappa shape index (κ2) is 10.0. The van der Waals surface area contributed by atoms with Crippen molar-refractivity contribution in [2.24, 2.45) is 10.2 Å². The van der Waals surface area contributed by atoms with Crippen LogP contribution in [0.4, 0.5) is 4.79 Å². The maximum absolute atomic E-state index is 11.8. The van der Waals surface area contributed by atoms with Crippen LogP contribution in [0, 0.1) is 0 Å². The Balaban J connectivity index is 2.80. The predicted molar refractivity (Wildman–Crippen MR) is 116 cm³/mol. The Morgan fingerprint density at radius 1 is 0.964 bits per heavy atom. The Morgan fingerprint density at radius 3 is 2.04 bits per heavy atom. The number of hydrogen-bond donors (Lipinski definition) is 1. The molecule has 0 saturated carbocycles. The lowest BCUT2D eigenvalue weighted by molar-refractivity contribution is 0.138. The monoisotopic (exact) mass is 389 g/mol. The van der Waals surface area contributed by atoms with Gasteiger partial charge in [-0.1, -0.05) is 58.9 Å². The number of nitrogens with zero attached hydrogens (tertiary/aromatic N) is 2. The first kappa shape index (κ1) is 24.1. The zero-order valence-electron chi connectivity index (χ0n) is 19.1. The van der Waals surface area contributed by atoms with Crippen molar-refractivity contribution in [3.05, 3.63) is 35.4 Å². The highest BCUT2D eigenvalue weighted by atomic mass is 16.5. The molecule has 0 aliphatic heterocycles. The van der Waals surface area contributed by atoms with Gasteiger partial charge in [0.1, 0.15) is 0 Å². The van der Waals surface area contributed by atoms with E-state index in [-0.39, 0.29) is 11.0 Å². The number of ether oxygens (including phenoxy) is 1. The van der Waals surface area contributed by atoms with Gasteiger partial charge in [0, 0.05) is 0 Å². The lowest BCUT2D eigenvalue weighted by Gasteiger charge is -2.27. The minimum absolute atomic E-state index is 0.168. The van der Waals surface area contributed by atoms with Crippen molar-refractivity contribution in [1.29, 1.82) is 0 Å². The molecule has 0 heterocycles. The summed E-state index contributed by atoms with van der Waals surface area (Å²) in [7, 11) is 0. The number of aryl methyl sites for hydroxylation is 1. The predicted octanol–water partition coefficient (Wildman–Crippen LogP) is 6.41. The van der Waals surface area contributed by atoms with Crippen LogP contribution in [0.15, 0.2) is 34.5 Å². The first-order valence-electron chi connectivity index (χ1n) is 10.5. The van der Waals surface area contributed by atoms with Gasteiger partial charge < -0.3 is 4.74 Å². The summed E-state index contributed by atoms with van der Waals surface area (Å²) < 4.78 is 4.98. The summed E-state index contributed by atoms with van der Waals surface area (Å²) in [5, 5.41) is 12.0. The number of carbonyl (C=O) groups is 1. The molecule has 28 heavy (non-hydrogen) atoms. The van der Waals surface area contributed by atoms with Gasteiger partial charge in [-0.3, -0.25) is 5.32 Å². The summed E-state index contributed by atoms with van der Waals surface area (Å²) in [6, 6.07) is 8.87. The van der Waals surface area contributed by atoms with Gasteiger partial charge in [0.05, 0.1) is 12.1 Å². The third kappa shape index (κ3) is 7.61. The van der Waals surface area contributed by atoms with Crippen LogP contribution in [-0.2, 0) is 16.6 Å². The fourth-order valence-corrected chi connectivity index (χ4v) is 2.68. The van der Waals surface area contributed by atoms with Gasteiger partial charge >= 0.3 is 6.09 Å². The van der Waals surface area contributed by atoms with Crippen LogP contribution < -0.4 is 5.32 Å². The fourth-order valence-electron chi connectivity index (χ4n) is 2.68. The standard InChI is InChI=1S/C23H39N3O2/c1-9-22(7,25-26-23(8,10-2)24-20(27)28-11-3)17-16-18-12-14-19(15-13-18)21(4,5)6/h12-15H,9-11,16-17H2,1-8H3,(H,24,27). The van der Waals surface area contributed by atoms with E-state index in [1.165, 1.54) is 11.1 Å². The molecule has 0 aromatic heterocycles. The number of rotatable bonds is 9. The first-order valence-corrected chi connectivity index (χ1v) is 10.5. The number of hydrogen-bond acceptors (Lipinski definition) is 4. The van der Waals surface area contributed by atoms with Crippen molar-refractivity contribution in [3.8, 4) is 0 Å². The second-order valence-corrected chi connectivity index (χ2v) is 8.97. The van der Waals surface area contributed by atoms with E-state index in [1.54, 1.807) is 6.92 Å². The van der Waals surface area contributed by atoms with Crippen molar-refractivity contribution in [2.75, 3.05) is 6.61 Å². The average molecular weight is 390 g/mol. The summed E-state index contributed by atoms with van der Waals surface area (Å²) in [5.74, 6) is 0. The molecule has 0 spiro atoms. The fraction of sp³-hybridized carbons (Fsp3) is 0.696. The van der Waals surface area contributed by atoms with E-state index in [0.717, 1.165) is 19.3 Å². The molecule has 2 atom stereocenters. The SMILES string of the molecule is CCOC(=O)NC(C)(CC)N=NC(C)(CC)CCc1ccc(C(C)(C)C)cc1. The third-order valence-corrected chi connectivity index (χ3v) is 5.38. The number of carbonyl (C=O) groups excluding carboxylic acids is 1. The van der Waals surface area contributed by atoms with Gasteiger partial charge in [-0.25, -0.2) is 4.79 Å². The Morgan fingerprint density at radius 2 is 1.57 bits per heavy atom. The summed E-state index contributed by atoms with van der Waals surface area (Å²) in [5.41, 5.74) is 1.80. The molecule has 0 aliphatic carbocycles. The number of amides is 1. The van der Waals surface area contributed by atoms with E-state index in [2.05, 4.69) is 74.4 Å². The molecule has 1 rings (SSSR count). The van der Waals surface area contributed by atoms with Crippen LogP contribution in [0.5, 0.6) is 0 Å². The van der Waals surface area contributed by atoms with Crippen molar-refractivity contribution in [1.82, 2.24) is 5.32 Å². The van der Waals surface area contributed by atoms with E-state index in [0.29, 0.717) is 13.0 Å². The normalized spacial score (nSPS) is 16.4. The lowest BCUT2D eigenvalue weighted by Crippen LogP contribution is -2.44. The van der Waals surface area contributed by atoms with Crippen LogP contribution in [0.3, 0.4) is 0 Å². The molecule has 0 aliphatic rings. The molecule has 5 nitrogen and oxygen atoms in total. The average Bonchev–Trinajstić information content (AvgIpc) is 2.64. The van der Waals surface area contributed by atoms with Gasteiger partial charge in [0.2, 0.25) is 0 Å². The van der Waals surface area contributed by atoms with Crippen LogP contribution in [-0.4, -0.2) is 23.9 Å². The van der Waals surface area contributed by atoms with E-state index in [9.17, 15) is 4.79 Å². The van der Waals surface area contributed by atoms with Crippen LogP contribution in [0.25, 0.3) is 0 Å². The maximum Gasteiger partial charge on any atom is 0.409 e. The van der Waals surface area contributed by atoms with Gasteiger partial charge in [-0.05, 0) is 63.0 Å². The molecule has 1 aromatic rings. The van der Waals surface area contributed by atoms with Gasteiger partial charge in [0.25, 0.3) is 0 Å². The van der Waals surface area contributed by atoms with Crippen molar-refractivity contribution < 1.29 is 9.53 Å². The molecule has 5 heteroatoms. The van der Waals surface area contributed by atoms with Gasteiger partial charge in [-0.15, -0.1) is 0 Å². The summed E-state index contributed by atoms with van der Waals surface area (Å²) in [4.78, 5) is 11.8. The topological polar surface area (TPSA) is 63.0 Å². The molecule has 158 valence electrons. The second-order valence-electron chi connectivity index (χ2n) is 8.97. The minimum Gasteiger partial charge on any atom is -0.450 e. The van der Waals surface area contributed by atoms with Gasteiger partial charge in [0.15, 0.2) is 5.66 Å². The molecule has 0 radical (unpaired) electrons. The number of azo groups is 1. The van der Waals surface area contributed by atoms with Crippen LogP contribution in [0.1, 0.15) is 85.8 Å². The Bertz CT molecular complexity index is 649. The maximum atomic E-state index is 11.8. The number of nitrogens with one attached hydrogen (secondary N) is 1. The Kier molecular flexibility index (Phi) is 8.65. The molecule has 0 bridgehead atoms. The van der Waals surface area contributed by atoms with E-state index in [4.69, 9.17) is 4.74 Å². The highest BCUT2D eigenvalue weighted by molar-refractivity contribution is 5.68. The van der Waals surface area contributed by atoms with Crippen LogP contribution >= 0.6 is 0 Å². The first-order chi connectivity index (χ1) is 13.0. The molecule has 0 saturated heterocycles. The Labute approximate surface area is 171 Å². The molecule has 0 fully saturated rings. The molecular weight excluding hydrogens is 350 g/mol. The highest BCUT2D eigenvalue weighted by Crippen LogP contribution is 2.27. The third-order valence-electron chi connectivity index (χ3n) is 5.38. The van der Waals surface area contributed by atoms with E-state index >= 15 is 0 Å². The number of benzene rings is 1. The zero-order chi connectivity index (χ0) is 21.4.